The van der Waals surface area contributed by atoms with Gasteiger partial charge in [0.15, 0.2) is 0 Å². The van der Waals surface area contributed by atoms with Crippen LogP contribution in [-0.2, 0) is 14.3 Å². The van der Waals surface area contributed by atoms with Crippen LogP contribution in [0.3, 0.4) is 0 Å². The molecule has 0 unspecified atom stereocenters. The van der Waals surface area contributed by atoms with E-state index in [9.17, 15) is 14.7 Å². The van der Waals surface area contributed by atoms with Crippen LogP contribution in [0.25, 0.3) is 0 Å². The highest BCUT2D eigenvalue weighted by Crippen LogP contribution is 2.38. The van der Waals surface area contributed by atoms with E-state index in [1.54, 1.807) is 13.0 Å². The Morgan fingerprint density at radius 3 is 2.88 bits per heavy atom. The molecule has 4 heteroatoms. The molecule has 4 nitrogen and oxygen atoms in total. The van der Waals surface area contributed by atoms with Crippen molar-refractivity contribution in [2.75, 3.05) is 7.11 Å². The Bertz CT molecular complexity index is 308. The molecule has 0 aromatic heterocycles. The number of aliphatic hydroxyl groups excluding tert-OH is 1. The van der Waals surface area contributed by atoms with E-state index in [2.05, 4.69) is 4.74 Å². The summed E-state index contributed by atoms with van der Waals surface area (Å²) in [5, 5.41) is 9.74. The minimum absolute atomic E-state index is 0.117. The number of rotatable bonds is 4. The van der Waals surface area contributed by atoms with Gasteiger partial charge in [0.05, 0.1) is 18.6 Å². The minimum Gasteiger partial charge on any atom is -0.466 e. The second-order valence-electron chi connectivity index (χ2n) is 4.36. The summed E-state index contributed by atoms with van der Waals surface area (Å²) in [7, 11) is 1.32. The van der Waals surface area contributed by atoms with Crippen molar-refractivity contribution in [2.24, 2.45) is 5.41 Å². The molecule has 2 atom stereocenters. The third kappa shape index (κ3) is 2.70. The third-order valence-electron chi connectivity index (χ3n) is 3.30. The number of esters is 1. The predicted molar refractivity (Wildman–Crippen MR) is 58.7 cm³/mol. The van der Waals surface area contributed by atoms with E-state index in [4.69, 9.17) is 0 Å². The molecule has 1 N–H and O–H groups in total. The zero-order chi connectivity index (χ0) is 12.2. The highest BCUT2D eigenvalue weighted by atomic mass is 16.5. The van der Waals surface area contributed by atoms with Crippen LogP contribution in [0.15, 0.2) is 12.2 Å². The van der Waals surface area contributed by atoms with Gasteiger partial charge in [-0.2, -0.15) is 0 Å². The number of allylic oxidation sites excluding steroid dienone is 1. The van der Waals surface area contributed by atoms with Gasteiger partial charge >= 0.3 is 5.97 Å². The Labute approximate surface area is 95.3 Å². The van der Waals surface area contributed by atoms with E-state index >= 15 is 0 Å². The fraction of sp³-hybridized carbons (Fsp3) is 0.667. The van der Waals surface area contributed by atoms with E-state index in [0.29, 0.717) is 25.7 Å². The lowest BCUT2D eigenvalue weighted by molar-refractivity contribution is -0.134. The summed E-state index contributed by atoms with van der Waals surface area (Å²) in [5.74, 6) is -0.282. The van der Waals surface area contributed by atoms with Crippen LogP contribution >= 0.6 is 0 Å². The molecular formula is C12H18O4. The van der Waals surface area contributed by atoms with Gasteiger partial charge < -0.3 is 9.84 Å². The predicted octanol–water partition coefficient (Wildman–Crippen LogP) is 1.23. The molecule has 0 aromatic rings. The highest BCUT2D eigenvalue weighted by molar-refractivity contribution is 5.87. The summed E-state index contributed by atoms with van der Waals surface area (Å²) in [6.45, 7) is 1.79. The average molecular weight is 226 g/mol. The number of hydrogen-bond acceptors (Lipinski definition) is 4. The first-order valence-corrected chi connectivity index (χ1v) is 5.46. The van der Waals surface area contributed by atoms with E-state index in [0.717, 1.165) is 0 Å². The fourth-order valence-corrected chi connectivity index (χ4v) is 1.99. The Kier molecular flexibility index (Phi) is 4.24. The molecule has 0 amide bonds. The summed E-state index contributed by atoms with van der Waals surface area (Å²) in [6, 6.07) is 0. The highest BCUT2D eigenvalue weighted by Gasteiger charge is 2.44. The van der Waals surface area contributed by atoms with Crippen molar-refractivity contribution in [1.82, 2.24) is 0 Å². The lowest BCUT2D eigenvalue weighted by Gasteiger charge is -2.25. The lowest BCUT2D eigenvalue weighted by atomic mass is 9.81. The van der Waals surface area contributed by atoms with Gasteiger partial charge in [-0.15, -0.1) is 0 Å². The Morgan fingerprint density at radius 2 is 2.38 bits per heavy atom. The van der Waals surface area contributed by atoms with Gasteiger partial charge in [-0.25, -0.2) is 4.79 Å². The van der Waals surface area contributed by atoms with Crippen molar-refractivity contribution in [1.29, 1.82) is 0 Å². The first-order chi connectivity index (χ1) is 7.50. The third-order valence-corrected chi connectivity index (χ3v) is 3.30. The topological polar surface area (TPSA) is 63.6 Å². The first-order valence-electron chi connectivity index (χ1n) is 5.46. The van der Waals surface area contributed by atoms with Crippen LogP contribution in [0.4, 0.5) is 0 Å². The van der Waals surface area contributed by atoms with E-state index in [1.165, 1.54) is 13.2 Å². The molecule has 90 valence electrons. The summed E-state index contributed by atoms with van der Waals surface area (Å²) < 4.78 is 4.45. The number of hydrogen-bond donors (Lipinski definition) is 1. The maximum Gasteiger partial charge on any atom is 0.330 e. The summed E-state index contributed by atoms with van der Waals surface area (Å²) in [6.07, 6.45) is 4.64. The molecule has 0 aromatic carbocycles. The van der Waals surface area contributed by atoms with Crippen LogP contribution in [-0.4, -0.2) is 30.1 Å². The second-order valence-corrected chi connectivity index (χ2v) is 4.36. The van der Waals surface area contributed by atoms with Crippen molar-refractivity contribution in [3.63, 3.8) is 0 Å². The average Bonchev–Trinajstić information content (AvgIpc) is 2.52. The molecule has 1 aliphatic carbocycles. The maximum atomic E-state index is 11.6. The van der Waals surface area contributed by atoms with Crippen LogP contribution in [0.5, 0.6) is 0 Å². The molecule has 0 saturated heterocycles. The number of ketones is 1. The molecule has 0 aliphatic heterocycles. The molecular weight excluding hydrogens is 208 g/mol. The number of carbonyl (C=O) groups is 2. The summed E-state index contributed by atoms with van der Waals surface area (Å²) in [5.41, 5.74) is -0.638. The smallest absolute Gasteiger partial charge is 0.330 e. The Morgan fingerprint density at radius 1 is 1.69 bits per heavy atom. The lowest BCUT2D eigenvalue weighted by Crippen LogP contribution is -2.32. The number of Topliss-reactive ketones (excluding diaryl/α,β-unsaturated/α-hetero) is 1. The maximum absolute atomic E-state index is 11.6. The molecule has 0 bridgehead atoms. The molecule has 16 heavy (non-hydrogen) atoms. The van der Waals surface area contributed by atoms with Crippen LogP contribution in [0.1, 0.15) is 32.6 Å². The number of carbonyl (C=O) groups excluding carboxylic acids is 2. The van der Waals surface area contributed by atoms with Gasteiger partial charge in [0.2, 0.25) is 0 Å². The Balaban J connectivity index is 2.45. The molecule has 0 radical (unpaired) electrons. The molecule has 1 fully saturated rings. The van der Waals surface area contributed by atoms with Crippen molar-refractivity contribution in [2.45, 2.75) is 38.7 Å². The van der Waals surface area contributed by atoms with Crippen LogP contribution < -0.4 is 0 Å². The first kappa shape index (κ1) is 12.9. The minimum atomic E-state index is -0.638. The van der Waals surface area contributed by atoms with E-state index < -0.39 is 17.5 Å². The SMILES string of the molecule is COC(=O)/C=C/CC[C@@]1(C)C(=O)CC[C@@H]1O. The molecule has 1 saturated carbocycles. The fourth-order valence-electron chi connectivity index (χ4n) is 1.99. The van der Waals surface area contributed by atoms with E-state index in [1.807, 2.05) is 0 Å². The molecule has 0 spiro atoms. The van der Waals surface area contributed by atoms with E-state index in [-0.39, 0.29) is 5.78 Å². The molecule has 1 aliphatic rings. The second kappa shape index (κ2) is 5.25. The Hall–Kier alpha value is -1.16. The zero-order valence-corrected chi connectivity index (χ0v) is 9.73. The largest absolute Gasteiger partial charge is 0.466 e. The quantitative estimate of drug-likeness (QED) is 0.578. The van der Waals surface area contributed by atoms with Crippen LogP contribution in [0.2, 0.25) is 0 Å². The van der Waals surface area contributed by atoms with Gasteiger partial charge in [0, 0.05) is 12.5 Å². The van der Waals surface area contributed by atoms with Crippen LogP contribution in [0, 0.1) is 5.41 Å². The van der Waals surface area contributed by atoms with Gasteiger partial charge in [-0.05, 0) is 19.3 Å². The van der Waals surface area contributed by atoms with Crippen molar-refractivity contribution in [3.8, 4) is 0 Å². The molecule has 0 heterocycles. The number of ether oxygens (including phenoxy) is 1. The standard InChI is InChI=1S/C12H18O4/c1-12(9(13)6-7-10(12)14)8-4-3-5-11(15)16-2/h3,5,9,13H,4,6-8H2,1-2H3/b5-3+/t9-,12+/m0/s1. The monoisotopic (exact) mass is 226 g/mol. The van der Waals surface area contributed by atoms with Crippen molar-refractivity contribution >= 4 is 11.8 Å². The van der Waals surface area contributed by atoms with Gasteiger partial charge in [-0.1, -0.05) is 13.0 Å². The van der Waals surface area contributed by atoms with Crippen molar-refractivity contribution in [3.05, 3.63) is 12.2 Å². The number of aliphatic hydroxyl groups is 1. The van der Waals surface area contributed by atoms with Gasteiger partial charge in [-0.3, -0.25) is 4.79 Å². The zero-order valence-electron chi connectivity index (χ0n) is 9.73. The molecule has 1 rings (SSSR count). The number of methoxy groups -OCH3 is 1. The summed E-state index contributed by atoms with van der Waals surface area (Å²) >= 11 is 0. The van der Waals surface area contributed by atoms with Crippen molar-refractivity contribution < 1.29 is 19.4 Å². The van der Waals surface area contributed by atoms with Gasteiger partial charge in [0.1, 0.15) is 5.78 Å². The van der Waals surface area contributed by atoms with Gasteiger partial charge in [0.25, 0.3) is 0 Å². The normalized spacial score (nSPS) is 29.9. The summed E-state index contributed by atoms with van der Waals surface area (Å²) in [4.78, 5) is 22.4.